The van der Waals surface area contributed by atoms with Crippen molar-refractivity contribution in [3.8, 4) is 5.69 Å². The van der Waals surface area contributed by atoms with E-state index >= 15 is 0 Å². The van der Waals surface area contributed by atoms with Crippen LogP contribution in [0.5, 0.6) is 0 Å². The lowest BCUT2D eigenvalue weighted by atomic mass is 9.93. The predicted molar refractivity (Wildman–Crippen MR) is 187 cm³/mol. The van der Waals surface area contributed by atoms with Crippen LogP contribution in [-0.2, 0) is 0 Å². The van der Waals surface area contributed by atoms with Crippen LogP contribution in [-0.4, -0.2) is 10.8 Å². The average Bonchev–Trinajstić information content (AvgIpc) is 3.33. The number of fused-ring (bicyclic) bond motifs is 3. The first kappa shape index (κ1) is 30.9. The molecule has 4 heteroatoms. The van der Waals surface area contributed by atoms with Gasteiger partial charge in [0.1, 0.15) is 0 Å². The van der Waals surface area contributed by atoms with E-state index in [1.165, 1.54) is 51.1 Å². The summed E-state index contributed by atoms with van der Waals surface area (Å²) in [6, 6.07) is 28.0. The number of benzene rings is 3. The lowest BCUT2D eigenvalue weighted by Crippen LogP contribution is -2.34. The van der Waals surface area contributed by atoms with Crippen LogP contribution in [0.25, 0.3) is 28.9 Å². The van der Waals surface area contributed by atoms with E-state index in [4.69, 9.17) is 11.1 Å². The summed E-state index contributed by atoms with van der Waals surface area (Å²) in [7, 11) is 0. The van der Waals surface area contributed by atoms with Crippen molar-refractivity contribution in [3.05, 3.63) is 154 Å². The molecule has 0 amide bonds. The van der Waals surface area contributed by atoms with Gasteiger partial charge in [-0.05, 0) is 110 Å². The quantitative estimate of drug-likeness (QED) is 0.193. The molecule has 2 heterocycles. The van der Waals surface area contributed by atoms with Crippen LogP contribution >= 0.6 is 0 Å². The Labute approximate surface area is 256 Å². The number of nitrogens with two attached hydrogens (primary N) is 1. The number of nitrogens with one attached hydrogen (secondary N) is 1. The number of nitrogens with zero attached hydrogens (tertiary/aromatic N) is 2. The van der Waals surface area contributed by atoms with Crippen molar-refractivity contribution in [2.45, 2.75) is 40.5 Å². The Morgan fingerprint density at radius 1 is 0.953 bits per heavy atom. The van der Waals surface area contributed by atoms with Crippen molar-refractivity contribution in [3.63, 3.8) is 0 Å². The van der Waals surface area contributed by atoms with E-state index in [-0.39, 0.29) is 0 Å². The Morgan fingerprint density at radius 3 is 2.40 bits per heavy atom. The van der Waals surface area contributed by atoms with E-state index < -0.39 is 0 Å². The summed E-state index contributed by atoms with van der Waals surface area (Å²) in [4.78, 5) is 2.35. The smallest absolute Gasteiger partial charge is 0.0707 e. The van der Waals surface area contributed by atoms with Crippen molar-refractivity contribution >= 4 is 35.1 Å². The van der Waals surface area contributed by atoms with Crippen LogP contribution in [0, 0.1) is 12.3 Å². The number of aryl methyl sites for hydroxylation is 1. The van der Waals surface area contributed by atoms with Gasteiger partial charge in [0.2, 0.25) is 0 Å². The zero-order valence-electron chi connectivity index (χ0n) is 25.7. The Bertz CT molecular complexity index is 1850. The minimum Gasteiger partial charge on any atom is -0.405 e. The fourth-order valence-electron chi connectivity index (χ4n) is 5.40. The Morgan fingerprint density at radius 2 is 1.67 bits per heavy atom. The number of para-hydroxylation sites is 2. The fourth-order valence-corrected chi connectivity index (χ4v) is 5.40. The molecule has 1 aliphatic carbocycles. The van der Waals surface area contributed by atoms with Gasteiger partial charge in [-0.2, -0.15) is 0 Å². The molecule has 0 saturated carbocycles. The second kappa shape index (κ2) is 14.7. The Hall–Kier alpha value is -5.09. The minimum absolute atomic E-state index is 0.988. The average molecular weight is 567 g/mol. The molecular formula is C39H42N4. The van der Waals surface area contributed by atoms with Crippen molar-refractivity contribution in [2.75, 3.05) is 4.90 Å². The molecule has 0 saturated heterocycles. The zero-order chi connectivity index (χ0) is 30.8. The third-order valence-corrected chi connectivity index (χ3v) is 7.31. The first-order chi connectivity index (χ1) is 21.0. The number of hydrogen-bond acceptors (Lipinski definition) is 3. The maximum absolute atomic E-state index is 6.64. The topological polar surface area (TPSA) is 58.0 Å². The third kappa shape index (κ3) is 6.87. The lowest BCUT2D eigenvalue weighted by Gasteiger charge is -2.28. The molecule has 4 nitrogen and oxygen atoms in total. The molecule has 43 heavy (non-hydrogen) atoms. The van der Waals surface area contributed by atoms with Gasteiger partial charge in [-0.3, -0.25) is 0 Å². The van der Waals surface area contributed by atoms with Gasteiger partial charge in [-0.25, -0.2) is 0 Å². The van der Waals surface area contributed by atoms with E-state index in [1.54, 1.807) is 12.2 Å². The van der Waals surface area contributed by atoms with Crippen LogP contribution in [0.3, 0.4) is 0 Å². The number of rotatable bonds is 4. The molecule has 0 bridgehead atoms. The SMILES string of the molecule is C=C1/C=c2\c(n(-c3ccccc3)c3ccccc23)=C/N(c2cccc(C)c2)C2=C1CCC=C2.CC.CC(/C=C\N)=C\C=N. The second-order valence-corrected chi connectivity index (χ2v) is 10.2. The molecule has 0 radical (unpaired) electrons. The standard InChI is InChI=1S/C31H26N2.C6H10N2.C2H6/c1-22-11-10-14-25(19-22)32-21-31-28(20-23(2)26-15-6-8-17-29(26)32)27-16-7-9-18-30(27)33(31)24-12-4-3-5-13-24;1-6(2-4-7)3-5-8;1-2/h3-5,7-14,16-21H,2,6,15H2,1H3;2-5,7H,8H2,1H3;1-2H3/b28-20-,31-21+;5-3-,6-2+,7-4?;. The number of hydrogen-bond donors (Lipinski definition) is 2. The summed E-state index contributed by atoms with van der Waals surface area (Å²) in [6.07, 6.45) is 17.3. The van der Waals surface area contributed by atoms with Gasteiger partial charge in [-0.1, -0.05) is 75.0 Å². The summed E-state index contributed by atoms with van der Waals surface area (Å²) < 4.78 is 2.37. The molecule has 0 unspecified atom stereocenters. The largest absolute Gasteiger partial charge is 0.405 e. The van der Waals surface area contributed by atoms with E-state index in [0.29, 0.717) is 0 Å². The highest BCUT2D eigenvalue weighted by Gasteiger charge is 2.21. The molecule has 3 N–H and O–H groups in total. The number of anilines is 1. The van der Waals surface area contributed by atoms with E-state index in [9.17, 15) is 0 Å². The van der Waals surface area contributed by atoms with E-state index in [2.05, 4.69) is 126 Å². The van der Waals surface area contributed by atoms with E-state index in [1.807, 2.05) is 20.8 Å². The molecule has 3 aromatic carbocycles. The second-order valence-electron chi connectivity index (χ2n) is 10.2. The molecule has 6 rings (SSSR count). The lowest BCUT2D eigenvalue weighted by molar-refractivity contribution is 0.943. The normalized spacial score (nSPS) is 15.9. The van der Waals surface area contributed by atoms with Gasteiger partial charge in [0.15, 0.2) is 0 Å². The monoisotopic (exact) mass is 566 g/mol. The molecule has 218 valence electrons. The van der Waals surface area contributed by atoms with Gasteiger partial charge in [0.25, 0.3) is 0 Å². The molecule has 0 fully saturated rings. The summed E-state index contributed by atoms with van der Waals surface area (Å²) in [5.74, 6) is 0. The Kier molecular flexibility index (Phi) is 10.5. The highest BCUT2D eigenvalue weighted by atomic mass is 15.1. The van der Waals surface area contributed by atoms with Crippen molar-refractivity contribution in [1.29, 1.82) is 5.41 Å². The predicted octanol–water partition coefficient (Wildman–Crippen LogP) is 8.22. The highest BCUT2D eigenvalue weighted by Crippen LogP contribution is 2.33. The molecule has 1 aliphatic heterocycles. The first-order valence-electron chi connectivity index (χ1n) is 14.9. The summed E-state index contributed by atoms with van der Waals surface area (Å²) in [5.41, 5.74) is 14.4. The highest BCUT2D eigenvalue weighted by molar-refractivity contribution is 5.87. The van der Waals surface area contributed by atoms with Crippen molar-refractivity contribution < 1.29 is 0 Å². The molecule has 4 aromatic rings. The first-order valence-corrected chi connectivity index (χ1v) is 14.9. The number of allylic oxidation sites excluding steroid dienone is 7. The maximum Gasteiger partial charge on any atom is 0.0707 e. The minimum atomic E-state index is 0.988. The molecule has 1 aromatic heterocycles. The fraction of sp³-hybridized carbons (Fsp3) is 0.154. The van der Waals surface area contributed by atoms with Crippen molar-refractivity contribution in [1.82, 2.24) is 4.57 Å². The van der Waals surface area contributed by atoms with Crippen LogP contribution in [0.4, 0.5) is 5.69 Å². The summed E-state index contributed by atoms with van der Waals surface area (Å²) >= 11 is 0. The van der Waals surface area contributed by atoms with Gasteiger partial charge in [-0.15, -0.1) is 0 Å². The summed E-state index contributed by atoms with van der Waals surface area (Å²) in [6.45, 7) is 12.6. The van der Waals surface area contributed by atoms with Gasteiger partial charge < -0.3 is 20.6 Å². The Balaban J connectivity index is 0.000000370. The molecule has 0 spiro atoms. The molecule has 2 aliphatic rings. The molecular weight excluding hydrogens is 524 g/mol. The van der Waals surface area contributed by atoms with Crippen LogP contribution < -0.4 is 21.2 Å². The number of aromatic nitrogens is 1. The summed E-state index contributed by atoms with van der Waals surface area (Å²) in [5, 5.41) is 10.3. The van der Waals surface area contributed by atoms with Gasteiger partial charge in [0.05, 0.1) is 10.9 Å². The van der Waals surface area contributed by atoms with Crippen LogP contribution in [0.1, 0.15) is 39.2 Å². The van der Waals surface area contributed by atoms with Crippen LogP contribution in [0.2, 0.25) is 0 Å². The maximum atomic E-state index is 6.64. The van der Waals surface area contributed by atoms with Crippen LogP contribution in [0.15, 0.2) is 138 Å². The van der Waals surface area contributed by atoms with Crippen molar-refractivity contribution in [2.24, 2.45) is 5.73 Å². The van der Waals surface area contributed by atoms with Gasteiger partial charge in [0, 0.05) is 40.1 Å². The van der Waals surface area contributed by atoms with E-state index in [0.717, 1.165) is 35.0 Å². The zero-order valence-corrected chi connectivity index (χ0v) is 25.7. The third-order valence-electron chi connectivity index (χ3n) is 7.31. The molecule has 0 atom stereocenters. The van der Waals surface area contributed by atoms with Gasteiger partial charge >= 0.3 is 0 Å².